The molecule has 0 aromatic heterocycles. The van der Waals surface area contributed by atoms with E-state index in [1.807, 2.05) is 6.08 Å². The maximum atomic E-state index is 11.4. The summed E-state index contributed by atoms with van der Waals surface area (Å²) in [5.41, 5.74) is 6.95. The van der Waals surface area contributed by atoms with Crippen LogP contribution in [-0.2, 0) is 0 Å². The fourth-order valence-electron chi connectivity index (χ4n) is 1.28. The molecule has 0 atom stereocenters. The third-order valence-corrected chi connectivity index (χ3v) is 2.37. The number of allylic oxidation sites excluding steroid dienone is 1. The van der Waals surface area contributed by atoms with E-state index in [0.717, 1.165) is 5.69 Å². The van der Waals surface area contributed by atoms with E-state index in [0.29, 0.717) is 11.6 Å². The van der Waals surface area contributed by atoms with E-state index in [1.54, 1.807) is 30.5 Å². The molecule has 16 heavy (non-hydrogen) atoms. The fourth-order valence-corrected chi connectivity index (χ4v) is 1.28. The molecule has 0 bridgehead atoms. The van der Waals surface area contributed by atoms with Crippen molar-refractivity contribution in [2.24, 2.45) is 5.92 Å². The molecule has 0 heterocycles. The van der Waals surface area contributed by atoms with Gasteiger partial charge in [0.25, 0.3) is 0 Å². The first kappa shape index (κ1) is 10.5. The molecule has 1 aliphatic rings. The Morgan fingerprint density at radius 3 is 2.62 bits per heavy atom. The number of carbonyl (C=O) groups excluding carboxylic acids is 1. The molecule has 1 aromatic carbocycles. The molecule has 2 amide bonds. The standard InChI is InChI=1S/C12H15N3O/c13-10-3-5-11(6-4-10)15-12(16)14-8-7-9-1-2-9/h3-9H,1-2,13H2,(H2,14,15,16)/b8-7+. The minimum atomic E-state index is -0.235. The van der Waals surface area contributed by atoms with Gasteiger partial charge in [-0.25, -0.2) is 4.79 Å². The zero-order valence-electron chi connectivity index (χ0n) is 8.94. The Morgan fingerprint density at radius 1 is 1.31 bits per heavy atom. The number of hydrogen-bond donors (Lipinski definition) is 3. The number of nitrogen functional groups attached to an aromatic ring is 1. The third kappa shape index (κ3) is 3.31. The predicted molar refractivity (Wildman–Crippen MR) is 64.9 cm³/mol. The molecule has 4 heteroatoms. The highest BCUT2D eigenvalue weighted by Gasteiger charge is 2.16. The minimum Gasteiger partial charge on any atom is -0.399 e. The highest BCUT2D eigenvalue weighted by Crippen LogP contribution is 2.29. The molecule has 4 nitrogen and oxygen atoms in total. The van der Waals surface area contributed by atoms with Crippen molar-refractivity contribution >= 4 is 17.4 Å². The normalized spacial score (nSPS) is 15.0. The first-order chi connectivity index (χ1) is 7.74. The van der Waals surface area contributed by atoms with Gasteiger partial charge in [0.2, 0.25) is 0 Å². The maximum Gasteiger partial charge on any atom is 0.323 e. The van der Waals surface area contributed by atoms with E-state index in [4.69, 9.17) is 5.73 Å². The second-order valence-electron chi connectivity index (χ2n) is 3.92. The quantitative estimate of drug-likeness (QED) is 0.680. The zero-order valence-corrected chi connectivity index (χ0v) is 8.94. The molecule has 0 unspecified atom stereocenters. The number of hydrogen-bond acceptors (Lipinski definition) is 2. The number of benzene rings is 1. The summed E-state index contributed by atoms with van der Waals surface area (Å²) in [6.45, 7) is 0. The number of urea groups is 1. The van der Waals surface area contributed by atoms with E-state index < -0.39 is 0 Å². The van der Waals surface area contributed by atoms with Crippen LogP contribution >= 0.6 is 0 Å². The van der Waals surface area contributed by atoms with E-state index in [2.05, 4.69) is 10.6 Å². The summed E-state index contributed by atoms with van der Waals surface area (Å²) in [7, 11) is 0. The van der Waals surface area contributed by atoms with E-state index >= 15 is 0 Å². The molecule has 4 N–H and O–H groups in total. The van der Waals surface area contributed by atoms with Crippen LogP contribution in [0.5, 0.6) is 0 Å². The molecule has 0 aliphatic heterocycles. The summed E-state index contributed by atoms with van der Waals surface area (Å²) in [4.78, 5) is 11.4. The van der Waals surface area contributed by atoms with Gasteiger partial charge in [-0.2, -0.15) is 0 Å². The first-order valence-corrected chi connectivity index (χ1v) is 5.34. The number of rotatable bonds is 3. The van der Waals surface area contributed by atoms with E-state index in [-0.39, 0.29) is 6.03 Å². The summed E-state index contributed by atoms with van der Waals surface area (Å²) in [5.74, 6) is 0.664. The topological polar surface area (TPSA) is 67.1 Å². The highest BCUT2D eigenvalue weighted by molar-refractivity contribution is 5.89. The summed E-state index contributed by atoms with van der Waals surface area (Å²) >= 11 is 0. The average Bonchev–Trinajstić information content (AvgIpc) is 3.05. The Balaban J connectivity index is 1.79. The molecule has 0 spiro atoms. The van der Waals surface area contributed by atoms with Gasteiger partial charge in [-0.1, -0.05) is 6.08 Å². The van der Waals surface area contributed by atoms with Crippen LogP contribution in [0.15, 0.2) is 36.5 Å². The van der Waals surface area contributed by atoms with Crippen LogP contribution in [-0.4, -0.2) is 6.03 Å². The van der Waals surface area contributed by atoms with Crippen LogP contribution in [0.1, 0.15) is 12.8 Å². The molecule has 1 saturated carbocycles. The molecular formula is C12H15N3O. The minimum absolute atomic E-state index is 0.235. The number of carbonyl (C=O) groups is 1. The van der Waals surface area contributed by atoms with Crippen LogP contribution in [0.2, 0.25) is 0 Å². The monoisotopic (exact) mass is 217 g/mol. The summed E-state index contributed by atoms with van der Waals surface area (Å²) < 4.78 is 0. The van der Waals surface area contributed by atoms with Gasteiger partial charge in [-0.15, -0.1) is 0 Å². The van der Waals surface area contributed by atoms with Gasteiger partial charge < -0.3 is 16.4 Å². The summed E-state index contributed by atoms with van der Waals surface area (Å²) in [5, 5.41) is 5.36. The van der Waals surface area contributed by atoms with Crippen molar-refractivity contribution in [1.29, 1.82) is 0 Å². The van der Waals surface area contributed by atoms with Crippen molar-refractivity contribution in [2.75, 3.05) is 11.1 Å². The van der Waals surface area contributed by atoms with Gasteiger partial charge in [-0.05, 0) is 43.0 Å². The lowest BCUT2D eigenvalue weighted by molar-refractivity contribution is 0.255. The fraction of sp³-hybridized carbons (Fsp3) is 0.250. The largest absolute Gasteiger partial charge is 0.399 e. The first-order valence-electron chi connectivity index (χ1n) is 5.34. The van der Waals surface area contributed by atoms with Gasteiger partial charge in [0.1, 0.15) is 0 Å². The Kier molecular flexibility index (Phi) is 3.10. The second-order valence-corrected chi connectivity index (χ2v) is 3.92. The van der Waals surface area contributed by atoms with Crippen LogP contribution in [0, 0.1) is 5.92 Å². The van der Waals surface area contributed by atoms with Crippen molar-refractivity contribution in [3.05, 3.63) is 36.5 Å². The van der Waals surface area contributed by atoms with E-state index in [9.17, 15) is 4.79 Å². The van der Waals surface area contributed by atoms with Crippen LogP contribution in [0.25, 0.3) is 0 Å². The molecule has 0 saturated heterocycles. The van der Waals surface area contributed by atoms with Crippen molar-refractivity contribution in [2.45, 2.75) is 12.8 Å². The zero-order chi connectivity index (χ0) is 11.4. The lowest BCUT2D eigenvalue weighted by atomic mass is 10.3. The molecule has 1 fully saturated rings. The van der Waals surface area contributed by atoms with Crippen molar-refractivity contribution in [3.8, 4) is 0 Å². The van der Waals surface area contributed by atoms with Crippen LogP contribution < -0.4 is 16.4 Å². The molecule has 2 rings (SSSR count). The van der Waals surface area contributed by atoms with Gasteiger partial charge in [0, 0.05) is 17.6 Å². The van der Waals surface area contributed by atoms with E-state index in [1.165, 1.54) is 12.8 Å². The SMILES string of the molecule is Nc1ccc(NC(=O)N/C=C/C2CC2)cc1. The van der Waals surface area contributed by atoms with Crippen LogP contribution in [0.4, 0.5) is 16.2 Å². The van der Waals surface area contributed by atoms with Gasteiger partial charge >= 0.3 is 6.03 Å². The van der Waals surface area contributed by atoms with Crippen molar-refractivity contribution in [3.63, 3.8) is 0 Å². The Morgan fingerprint density at radius 2 is 2.00 bits per heavy atom. The van der Waals surface area contributed by atoms with Crippen molar-refractivity contribution < 1.29 is 4.79 Å². The smallest absolute Gasteiger partial charge is 0.323 e. The molecule has 84 valence electrons. The number of nitrogens with two attached hydrogens (primary N) is 1. The van der Waals surface area contributed by atoms with Gasteiger partial charge in [0.05, 0.1) is 0 Å². The summed E-state index contributed by atoms with van der Waals surface area (Å²) in [6, 6.07) is 6.78. The lowest BCUT2D eigenvalue weighted by Gasteiger charge is -2.04. The molecular weight excluding hydrogens is 202 g/mol. The predicted octanol–water partition coefficient (Wildman–Crippen LogP) is 2.31. The van der Waals surface area contributed by atoms with Crippen molar-refractivity contribution in [1.82, 2.24) is 5.32 Å². The maximum absolute atomic E-state index is 11.4. The number of amides is 2. The molecule has 0 radical (unpaired) electrons. The Hall–Kier alpha value is -1.97. The van der Waals surface area contributed by atoms with Gasteiger partial charge in [0.15, 0.2) is 0 Å². The average molecular weight is 217 g/mol. The summed E-state index contributed by atoms with van der Waals surface area (Å²) in [6.07, 6.45) is 6.18. The third-order valence-electron chi connectivity index (χ3n) is 2.37. The Labute approximate surface area is 94.5 Å². The highest BCUT2D eigenvalue weighted by atomic mass is 16.2. The number of nitrogens with one attached hydrogen (secondary N) is 2. The second kappa shape index (κ2) is 4.70. The molecule has 1 aromatic rings. The number of anilines is 2. The Bertz CT molecular complexity index is 393. The van der Waals surface area contributed by atoms with Crippen LogP contribution in [0.3, 0.4) is 0 Å². The van der Waals surface area contributed by atoms with Gasteiger partial charge in [-0.3, -0.25) is 0 Å². The molecule has 1 aliphatic carbocycles. The lowest BCUT2D eigenvalue weighted by Crippen LogP contribution is -2.23.